The fourth-order valence-corrected chi connectivity index (χ4v) is 0.821. The van der Waals surface area contributed by atoms with Gasteiger partial charge in [0.2, 0.25) is 0 Å². The number of benzene rings is 1. The van der Waals surface area contributed by atoms with E-state index in [1.165, 1.54) is 24.3 Å². The van der Waals surface area contributed by atoms with Crippen molar-refractivity contribution in [3.05, 3.63) is 34.4 Å². The van der Waals surface area contributed by atoms with Gasteiger partial charge in [0.15, 0.2) is 5.75 Å². The predicted molar refractivity (Wildman–Crippen MR) is 43.9 cm³/mol. The zero-order chi connectivity index (χ0) is 9.84. The summed E-state index contributed by atoms with van der Waals surface area (Å²) in [6.45, 7) is 0. The molecule has 6 nitrogen and oxygen atoms in total. The van der Waals surface area contributed by atoms with Crippen LogP contribution in [0.1, 0.15) is 0 Å². The van der Waals surface area contributed by atoms with Gasteiger partial charge in [0.1, 0.15) is 0 Å². The lowest BCUT2D eigenvalue weighted by molar-refractivity contribution is -0.385. The molecule has 0 fully saturated rings. The van der Waals surface area contributed by atoms with Crippen molar-refractivity contribution in [3.8, 4) is 5.75 Å². The summed E-state index contributed by atoms with van der Waals surface area (Å²) in [5, 5.41) is 27.2. The Morgan fingerprint density at radius 2 is 2.00 bits per heavy atom. The van der Waals surface area contributed by atoms with E-state index in [2.05, 4.69) is 4.65 Å². The van der Waals surface area contributed by atoms with Crippen LogP contribution in [0.3, 0.4) is 0 Å². The van der Waals surface area contributed by atoms with Crippen LogP contribution in [0.5, 0.6) is 5.75 Å². The summed E-state index contributed by atoms with van der Waals surface area (Å²) < 4.78 is 4.38. The maximum atomic E-state index is 10.4. The molecule has 1 rings (SSSR count). The Bertz CT molecular complexity index is 316. The normalized spacial score (nSPS) is 9.38. The van der Waals surface area contributed by atoms with Crippen LogP contribution in [0.4, 0.5) is 5.69 Å². The fraction of sp³-hybridized carbons (Fsp3) is 0. The van der Waals surface area contributed by atoms with Crippen molar-refractivity contribution in [1.82, 2.24) is 0 Å². The maximum absolute atomic E-state index is 10.4. The molecule has 0 aliphatic heterocycles. The number of para-hydroxylation sites is 2. The lowest BCUT2D eigenvalue weighted by Gasteiger charge is -2.03. The van der Waals surface area contributed by atoms with Crippen LogP contribution in [-0.4, -0.2) is 22.3 Å². The van der Waals surface area contributed by atoms with E-state index in [-0.39, 0.29) is 11.4 Å². The molecule has 7 heteroatoms. The maximum Gasteiger partial charge on any atom is 0.707 e. The van der Waals surface area contributed by atoms with Crippen LogP contribution in [0.2, 0.25) is 0 Å². The third kappa shape index (κ3) is 2.43. The van der Waals surface area contributed by atoms with Gasteiger partial charge in [-0.2, -0.15) is 0 Å². The number of nitro benzene ring substituents is 1. The minimum Gasteiger partial charge on any atom is -0.507 e. The van der Waals surface area contributed by atoms with Gasteiger partial charge >= 0.3 is 13.0 Å². The lowest BCUT2D eigenvalue weighted by atomic mass is 10.2. The molecular weight excluding hydrogens is 177 g/mol. The minimum absolute atomic E-state index is 0.178. The fourth-order valence-electron chi connectivity index (χ4n) is 0.821. The molecule has 0 spiro atoms. The highest BCUT2D eigenvalue weighted by molar-refractivity contribution is 6.33. The van der Waals surface area contributed by atoms with Crippen LogP contribution < -0.4 is 4.65 Å². The van der Waals surface area contributed by atoms with Gasteiger partial charge in [-0.3, -0.25) is 10.1 Å². The Hall–Kier alpha value is -1.60. The largest absolute Gasteiger partial charge is 0.707 e. The Morgan fingerprint density at radius 3 is 2.54 bits per heavy atom. The van der Waals surface area contributed by atoms with Gasteiger partial charge in [0, 0.05) is 6.07 Å². The Morgan fingerprint density at radius 1 is 1.38 bits per heavy atom. The molecule has 0 saturated heterocycles. The van der Waals surface area contributed by atoms with Crippen molar-refractivity contribution < 1.29 is 19.6 Å². The van der Waals surface area contributed by atoms with Crippen molar-refractivity contribution in [2.45, 2.75) is 0 Å². The number of nitro groups is 1. The van der Waals surface area contributed by atoms with Crippen molar-refractivity contribution in [3.63, 3.8) is 0 Å². The van der Waals surface area contributed by atoms with E-state index in [0.29, 0.717) is 0 Å². The van der Waals surface area contributed by atoms with Gasteiger partial charge in [0.25, 0.3) is 0 Å². The van der Waals surface area contributed by atoms with Gasteiger partial charge < -0.3 is 14.7 Å². The third-order valence-electron chi connectivity index (χ3n) is 1.29. The standard InChI is InChI=1S/C6H6BNO5/c9-7(10)13-6-4-2-1-3-5(6)8(11)12/h1-4,9-10H. The highest BCUT2D eigenvalue weighted by atomic mass is 16.6. The van der Waals surface area contributed by atoms with E-state index in [9.17, 15) is 10.1 Å². The molecule has 0 aliphatic carbocycles. The molecular formula is C6H6BNO5. The third-order valence-corrected chi connectivity index (χ3v) is 1.29. The first-order chi connectivity index (χ1) is 6.11. The second-order valence-electron chi connectivity index (χ2n) is 2.17. The molecule has 0 unspecified atom stereocenters. The van der Waals surface area contributed by atoms with Crippen molar-refractivity contribution in [2.75, 3.05) is 0 Å². The van der Waals surface area contributed by atoms with E-state index in [4.69, 9.17) is 10.0 Å². The summed E-state index contributed by atoms with van der Waals surface area (Å²) in [5.74, 6) is -0.178. The summed E-state index contributed by atoms with van der Waals surface area (Å²) in [6, 6.07) is 5.43. The molecule has 0 saturated carbocycles. The summed E-state index contributed by atoms with van der Waals surface area (Å²) >= 11 is 0. The van der Waals surface area contributed by atoms with Crippen LogP contribution in [0.15, 0.2) is 24.3 Å². The van der Waals surface area contributed by atoms with Crippen LogP contribution in [0.25, 0.3) is 0 Å². The first-order valence-electron chi connectivity index (χ1n) is 3.37. The Balaban J connectivity index is 2.98. The molecule has 0 atom stereocenters. The number of hydrogen-bond acceptors (Lipinski definition) is 5. The van der Waals surface area contributed by atoms with E-state index >= 15 is 0 Å². The Kier molecular flexibility index (Phi) is 2.83. The molecule has 0 aliphatic rings. The molecule has 1 aromatic rings. The molecule has 1 aromatic carbocycles. The molecule has 0 aromatic heterocycles. The lowest BCUT2D eigenvalue weighted by Crippen LogP contribution is -2.21. The summed E-state index contributed by atoms with van der Waals surface area (Å²) in [6.07, 6.45) is 0. The van der Waals surface area contributed by atoms with Crippen LogP contribution in [-0.2, 0) is 0 Å². The van der Waals surface area contributed by atoms with Crippen LogP contribution in [0, 0.1) is 10.1 Å². The predicted octanol–water partition coefficient (Wildman–Crippen LogP) is -0.0569. The molecule has 0 bridgehead atoms. The minimum atomic E-state index is -2.05. The highest BCUT2D eigenvalue weighted by Gasteiger charge is 2.19. The smallest absolute Gasteiger partial charge is 0.507 e. The quantitative estimate of drug-likeness (QED) is 0.389. The van der Waals surface area contributed by atoms with E-state index in [1.807, 2.05) is 0 Å². The van der Waals surface area contributed by atoms with Gasteiger partial charge in [-0.1, -0.05) is 12.1 Å². The summed E-state index contributed by atoms with van der Waals surface area (Å²) in [4.78, 5) is 9.70. The first-order valence-corrected chi connectivity index (χ1v) is 3.37. The average Bonchev–Trinajstić information content (AvgIpc) is 2.03. The van der Waals surface area contributed by atoms with Gasteiger partial charge in [-0.15, -0.1) is 0 Å². The number of rotatable bonds is 3. The summed E-state index contributed by atoms with van der Waals surface area (Å²) in [5.41, 5.74) is -0.310. The van der Waals surface area contributed by atoms with Gasteiger partial charge in [0.05, 0.1) is 4.92 Å². The average molecular weight is 183 g/mol. The zero-order valence-electron chi connectivity index (χ0n) is 6.45. The summed E-state index contributed by atoms with van der Waals surface area (Å²) in [7, 11) is -2.05. The zero-order valence-corrected chi connectivity index (χ0v) is 6.45. The van der Waals surface area contributed by atoms with Crippen molar-refractivity contribution in [2.24, 2.45) is 0 Å². The second kappa shape index (κ2) is 3.88. The SMILES string of the molecule is O=[N+]([O-])c1ccccc1OB(O)O. The Labute approximate surface area is 73.7 Å². The van der Waals surface area contributed by atoms with E-state index < -0.39 is 12.2 Å². The van der Waals surface area contributed by atoms with E-state index in [0.717, 1.165) is 0 Å². The monoisotopic (exact) mass is 183 g/mol. The second-order valence-corrected chi connectivity index (χ2v) is 2.17. The first kappa shape index (κ1) is 9.49. The molecule has 0 radical (unpaired) electrons. The molecule has 0 amide bonds. The number of hydrogen-bond donors (Lipinski definition) is 2. The van der Waals surface area contributed by atoms with Crippen molar-refractivity contribution in [1.29, 1.82) is 0 Å². The van der Waals surface area contributed by atoms with E-state index in [1.54, 1.807) is 0 Å². The number of nitrogens with zero attached hydrogens (tertiary/aromatic N) is 1. The van der Waals surface area contributed by atoms with Crippen LogP contribution >= 0.6 is 0 Å². The van der Waals surface area contributed by atoms with Crippen molar-refractivity contribution >= 4 is 13.0 Å². The molecule has 68 valence electrons. The highest BCUT2D eigenvalue weighted by Crippen LogP contribution is 2.25. The molecule has 2 N–H and O–H groups in total. The molecule has 13 heavy (non-hydrogen) atoms. The van der Waals surface area contributed by atoms with Gasteiger partial charge in [-0.25, -0.2) is 0 Å². The van der Waals surface area contributed by atoms with Gasteiger partial charge in [-0.05, 0) is 6.07 Å². The topological polar surface area (TPSA) is 92.8 Å². The molecule has 0 heterocycles.